The first-order chi connectivity index (χ1) is 9.15. The molecule has 1 heterocycles. The maximum absolute atomic E-state index is 12.6. The van der Waals surface area contributed by atoms with Crippen LogP contribution in [-0.2, 0) is 0 Å². The highest BCUT2D eigenvalue weighted by atomic mass is 16.2. The third-order valence-corrected chi connectivity index (χ3v) is 3.92. The summed E-state index contributed by atoms with van der Waals surface area (Å²) in [6, 6.07) is 6.06. The summed E-state index contributed by atoms with van der Waals surface area (Å²) in [7, 11) is 0. The molecule has 1 aliphatic rings. The van der Waals surface area contributed by atoms with E-state index < -0.39 is 0 Å². The van der Waals surface area contributed by atoms with Crippen LogP contribution in [0.25, 0.3) is 0 Å². The molecule has 0 aromatic heterocycles. The van der Waals surface area contributed by atoms with Crippen LogP contribution in [0.3, 0.4) is 0 Å². The van der Waals surface area contributed by atoms with Gasteiger partial charge in [-0.3, -0.25) is 4.79 Å². The number of rotatable bonds is 4. The SMILES string of the molecule is CCNc1ccc(C)cc1C(=O)N1CCC(CC)C1. The second-order valence-corrected chi connectivity index (χ2v) is 5.39. The first-order valence-electron chi connectivity index (χ1n) is 7.29. The van der Waals surface area contributed by atoms with Crippen molar-refractivity contribution in [3.63, 3.8) is 0 Å². The van der Waals surface area contributed by atoms with Gasteiger partial charge in [-0.05, 0) is 38.3 Å². The number of hydrogen-bond acceptors (Lipinski definition) is 2. The molecule has 1 N–H and O–H groups in total. The standard InChI is InChI=1S/C16H24N2O/c1-4-13-8-9-18(11-13)16(19)14-10-12(3)6-7-15(14)17-5-2/h6-7,10,13,17H,4-5,8-9,11H2,1-3H3. The molecular formula is C16H24N2O. The minimum Gasteiger partial charge on any atom is -0.385 e. The second-order valence-electron chi connectivity index (χ2n) is 5.39. The third kappa shape index (κ3) is 3.09. The van der Waals surface area contributed by atoms with Crippen molar-refractivity contribution in [1.29, 1.82) is 0 Å². The molecule has 19 heavy (non-hydrogen) atoms. The average molecular weight is 260 g/mol. The number of aryl methyl sites for hydroxylation is 1. The summed E-state index contributed by atoms with van der Waals surface area (Å²) < 4.78 is 0. The zero-order valence-corrected chi connectivity index (χ0v) is 12.2. The van der Waals surface area contributed by atoms with Crippen molar-refractivity contribution in [2.24, 2.45) is 5.92 Å². The van der Waals surface area contributed by atoms with E-state index in [1.165, 1.54) is 0 Å². The molecule has 1 aromatic carbocycles. The molecule has 1 unspecified atom stereocenters. The number of anilines is 1. The lowest BCUT2D eigenvalue weighted by atomic mass is 10.1. The number of nitrogens with one attached hydrogen (secondary N) is 1. The minimum atomic E-state index is 0.176. The molecule has 1 saturated heterocycles. The third-order valence-electron chi connectivity index (χ3n) is 3.92. The average Bonchev–Trinajstić information content (AvgIpc) is 2.89. The van der Waals surface area contributed by atoms with Crippen molar-refractivity contribution < 1.29 is 4.79 Å². The molecule has 1 atom stereocenters. The van der Waals surface area contributed by atoms with E-state index in [2.05, 4.69) is 19.2 Å². The maximum atomic E-state index is 12.6. The lowest BCUT2D eigenvalue weighted by Crippen LogP contribution is -2.29. The van der Waals surface area contributed by atoms with E-state index in [4.69, 9.17) is 0 Å². The van der Waals surface area contributed by atoms with Crippen molar-refractivity contribution in [2.75, 3.05) is 25.0 Å². The van der Waals surface area contributed by atoms with Crippen molar-refractivity contribution in [3.8, 4) is 0 Å². The van der Waals surface area contributed by atoms with Crippen molar-refractivity contribution in [3.05, 3.63) is 29.3 Å². The van der Waals surface area contributed by atoms with Gasteiger partial charge in [0.15, 0.2) is 0 Å². The van der Waals surface area contributed by atoms with Gasteiger partial charge >= 0.3 is 0 Å². The highest BCUT2D eigenvalue weighted by Gasteiger charge is 2.27. The lowest BCUT2D eigenvalue weighted by molar-refractivity contribution is 0.0788. The van der Waals surface area contributed by atoms with E-state index in [9.17, 15) is 4.79 Å². The number of likely N-dealkylation sites (tertiary alicyclic amines) is 1. The molecule has 1 amide bonds. The maximum Gasteiger partial charge on any atom is 0.255 e. The highest BCUT2D eigenvalue weighted by Crippen LogP contribution is 2.24. The summed E-state index contributed by atoms with van der Waals surface area (Å²) >= 11 is 0. The van der Waals surface area contributed by atoms with Gasteiger partial charge in [-0.25, -0.2) is 0 Å². The van der Waals surface area contributed by atoms with Gasteiger partial charge in [-0.2, -0.15) is 0 Å². The van der Waals surface area contributed by atoms with E-state index in [0.29, 0.717) is 5.92 Å². The van der Waals surface area contributed by atoms with Gasteiger partial charge in [-0.1, -0.05) is 25.0 Å². The molecule has 3 nitrogen and oxygen atoms in total. The Balaban J connectivity index is 2.20. The summed E-state index contributed by atoms with van der Waals surface area (Å²) in [4.78, 5) is 14.6. The molecular weight excluding hydrogens is 236 g/mol. The Morgan fingerprint density at radius 1 is 1.42 bits per heavy atom. The summed E-state index contributed by atoms with van der Waals surface area (Å²) in [6.45, 7) is 8.93. The summed E-state index contributed by atoms with van der Waals surface area (Å²) in [5.74, 6) is 0.854. The molecule has 0 spiro atoms. The molecule has 1 fully saturated rings. The van der Waals surface area contributed by atoms with E-state index in [-0.39, 0.29) is 5.91 Å². The van der Waals surface area contributed by atoms with Gasteiger partial charge in [-0.15, -0.1) is 0 Å². The van der Waals surface area contributed by atoms with Gasteiger partial charge in [0.2, 0.25) is 0 Å². The van der Waals surface area contributed by atoms with Crippen LogP contribution in [0.5, 0.6) is 0 Å². The van der Waals surface area contributed by atoms with Crippen LogP contribution in [0.1, 0.15) is 42.6 Å². The van der Waals surface area contributed by atoms with Crippen LogP contribution >= 0.6 is 0 Å². The highest BCUT2D eigenvalue weighted by molar-refractivity contribution is 6.00. The Morgan fingerprint density at radius 3 is 2.84 bits per heavy atom. The Labute approximate surface area is 116 Å². The molecule has 104 valence electrons. The number of benzene rings is 1. The summed E-state index contributed by atoms with van der Waals surface area (Å²) in [5, 5.41) is 3.29. The number of hydrogen-bond donors (Lipinski definition) is 1. The molecule has 1 aliphatic heterocycles. The number of amides is 1. The van der Waals surface area contributed by atoms with Crippen LogP contribution in [0.4, 0.5) is 5.69 Å². The van der Waals surface area contributed by atoms with E-state index >= 15 is 0 Å². The van der Waals surface area contributed by atoms with Crippen LogP contribution in [0, 0.1) is 12.8 Å². The predicted molar refractivity (Wildman–Crippen MR) is 79.6 cm³/mol. The van der Waals surface area contributed by atoms with E-state index in [1.807, 2.05) is 30.0 Å². The minimum absolute atomic E-state index is 0.176. The van der Waals surface area contributed by atoms with Gasteiger partial charge in [0.1, 0.15) is 0 Å². The Hall–Kier alpha value is -1.51. The first kappa shape index (κ1) is 13.9. The van der Waals surface area contributed by atoms with Crippen molar-refractivity contribution in [1.82, 2.24) is 4.90 Å². The monoisotopic (exact) mass is 260 g/mol. The quantitative estimate of drug-likeness (QED) is 0.901. The summed E-state index contributed by atoms with van der Waals surface area (Å²) in [6.07, 6.45) is 2.31. The molecule has 1 aromatic rings. The fourth-order valence-electron chi connectivity index (χ4n) is 2.70. The van der Waals surface area contributed by atoms with E-state index in [0.717, 1.165) is 49.3 Å². The lowest BCUT2D eigenvalue weighted by Gasteiger charge is -2.19. The van der Waals surface area contributed by atoms with Crippen molar-refractivity contribution in [2.45, 2.75) is 33.6 Å². The zero-order chi connectivity index (χ0) is 13.8. The molecule has 0 aliphatic carbocycles. The van der Waals surface area contributed by atoms with Gasteiger partial charge < -0.3 is 10.2 Å². The topological polar surface area (TPSA) is 32.3 Å². The van der Waals surface area contributed by atoms with Crippen LogP contribution in [-0.4, -0.2) is 30.4 Å². The first-order valence-corrected chi connectivity index (χ1v) is 7.29. The number of carbonyl (C=O) groups is 1. The zero-order valence-electron chi connectivity index (χ0n) is 12.2. The fraction of sp³-hybridized carbons (Fsp3) is 0.562. The second kappa shape index (κ2) is 6.09. The normalized spacial score (nSPS) is 18.7. The van der Waals surface area contributed by atoms with Crippen molar-refractivity contribution >= 4 is 11.6 Å². The molecule has 0 radical (unpaired) electrons. The number of carbonyl (C=O) groups excluding carboxylic acids is 1. The van der Waals surface area contributed by atoms with Crippen LogP contribution < -0.4 is 5.32 Å². The number of nitrogens with zero attached hydrogens (tertiary/aromatic N) is 1. The molecule has 2 rings (SSSR count). The van der Waals surface area contributed by atoms with Gasteiger partial charge in [0, 0.05) is 25.3 Å². The molecule has 3 heteroatoms. The van der Waals surface area contributed by atoms with E-state index in [1.54, 1.807) is 0 Å². The Morgan fingerprint density at radius 2 is 2.21 bits per heavy atom. The molecule has 0 bridgehead atoms. The largest absolute Gasteiger partial charge is 0.385 e. The predicted octanol–water partition coefficient (Wildman–Crippen LogP) is 3.30. The Kier molecular flexibility index (Phi) is 4.46. The van der Waals surface area contributed by atoms with Gasteiger partial charge in [0.25, 0.3) is 5.91 Å². The summed E-state index contributed by atoms with van der Waals surface area (Å²) in [5.41, 5.74) is 2.91. The van der Waals surface area contributed by atoms with Gasteiger partial charge in [0.05, 0.1) is 5.56 Å². The van der Waals surface area contributed by atoms with Crippen LogP contribution in [0.15, 0.2) is 18.2 Å². The molecule has 0 saturated carbocycles. The smallest absolute Gasteiger partial charge is 0.255 e. The van der Waals surface area contributed by atoms with Crippen LogP contribution in [0.2, 0.25) is 0 Å². The Bertz CT molecular complexity index is 456. The fourth-order valence-corrected chi connectivity index (χ4v) is 2.70.